The summed E-state index contributed by atoms with van der Waals surface area (Å²) in [5, 5.41) is 38.8. The van der Waals surface area contributed by atoms with Crippen molar-refractivity contribution in [3.63, 3.8) is 0 Å². The highest BCUT2D eigenvalue weighted by atomic mass is 16.7. The summed E-state index contributed by atoms with van der Waals surface area (Å²) in [4.78, 5) is 56.0. The number of benzene rings is 2. The lowest BCUT2D eigenvalue weighted by Gasteiger charge is -2.43. The molecule has 4 fully saturated rings. The van der Waals surface area contributed by atoms with Gasteiger partial charge in [-0.05, 0) is 32.3 Å². The lowest BCUT2D eigenvalue weighted by Crippen LogP contribution is -2.55. The number of hydrogen-bond donors (Lipinski definition) is 4. The molecule has 4 saturated heterocycles. The monoisotopic (exact) mass is 826 g/mol. The number of rotatable bonds is 12. The van der Waals surface area contributed by atoms with Gasteiger partial charge in [0.15, 0.2) is 36.7 Å². The fourth-order valence-corrected chi connectivity index (χ4v) is 9.31. The fourth-order valence-electron chi connectivity index (χ4n) is 9.31. The zero-order valence-corrected chi connectivity index (χ0v) is 33.3. The number of carbonyl (C=O) groups is 4. The molecule has 2 aromatic carbocycles. The molecule has 0 saturated carbocycles. The van der Waals surface area contributed by atoms with Crippen LogP contribution >= 0.6 is 0 Å². The highest BCUT2D eigenvalue weighted by Gasteiger charge is 2.55. The molecule has 4 N–H and O–H groups in total. The van der Waals surface area contributed by atoms with Gasteiger partial charge in [-0.2, -0.15) is 0 Å². The largest absolute Gasteiger partial charge is 0.507 e. The van der Waals surface area contributed by atoms with Crippen LogP contribution in [0.2, 0.25) is 0 Å². The Bertz CT molecular complexity index is 1990. The molecule has 8 rings (SSSR count). The molecule has 4 heterocycles. The van der Waals surface area contributed by atoms with Crippen molar-refractivity contribution in [3.8, 4) is 17.2 Å². The Hall–Kier alpha value is -4.08. The quantitative estimate of drug-likeness (QED) is 0.189. The van der Waals surface area contributed by atoms with Crippen LogP contribution in [0.1, 0.15) is 88.1 Å². The van der Waals surface area contributed by atoms with Gasteiger partial charge in [-0.15, -0.1) is 0 Å². The van der Waals surface area contributed by atoms with Crippen LogP contribution in [0, 0.1) is 0 Å². The van der Waals surface area contributed by atoms with Crippen LogP contribution in [-0.2, 0) is 53.9 Å². The molecule has 0 bridgehead atoms. The van der Waals surface area contributed by atoms with Gasteiger partial charge in [0.25, 0.3) is 0 Å². The van der Waals surface area contributed by atoms with Crippen molar-refractivity contribution in [2.45, 2.75) is 107 Å². The van der Waals surface area contributed by atoms with Crippen LogP contribution in [0.25, 0.3) is 0 Å². The molecule has 59 heavy (non-hydrogen) atoms. The van der Waals surface area contributed by atoms with Crippen molar-refractivity contribution in [1.29, 1.82) is 0 Å². The summed E-state index contributed by atoms with van der Waals surface area (Å²) in [7, 11) is 4.40. The van der Waals surface area contributed by atoms with Crippen LogP contribution in [-0.4, -0.2) is 153 Å². The van der Waals surface area contributed by atoms with Crippen molar-refractivity contribution in [2.75, 3.05) is 54.2 Å². The summed E-state index contributed by atoms with van der Waals surface area (Å²) >= 11 is 0. The predicted molar refractivity (Wildman–Crippen MR) is 200 cm³/mol. The molecule has 2 aliphatic carbocycles. The number of phenolic OH excluding ortho intramolecular Hbond substituents is 2. The van der Waals surface area contributed by atoms with Crippen LogP contribution < -0.4 is 10.1 Å². The first-order chi connectivity index (χ1) is 28.4. The van der Waals surface area contributed by atoms with E-state index in [1.54, 1.807) is 7.11 Å². The maximum absolute atomic E-state index is 14.2. The summed E-state index contributed by atoms with van der Waals surface area (Å²) < 4.78 is 53.3. The molecule has 0 spiro atoms. The SMILES string of the molecule is CNC(=O)COCC1CCCC(OCC(=O)[C@]2(O)Cc3c(O)c4c(c(O)c3[C@@H](O[C@H]3C[C@H]5[C@H](O[C@@H]6[C@@H](OC)OCCN65)[C@H](C)O3)C2)C(=O)c2c(OC)cccc2C4=O)O1. The zero-order valence-electron chi connectivity index (χ0n) is 33.3. The number of morpholine rings is 1. The number of hydrogen-bond acceptors (Lipinski definition) is 17. The third-order valence-electron chi connectivity index (χ3n) is 12.2. The highest BCUT2D eigenvalue weighted by molar-refractivity contribution is 6.31. The molecule has 18 nitrogen and oxygen atoms in total. The number of ketones is 3. The van der Waals surface area contributed by atoms with Gasteiger partial charge >= 0.3 is 0 Å². The van der Waals surface area contributed by atoms with Gasteiger partial charge in [0.2, 0.25) is 11.7 Å². The second-order valence-corrected chi connectivity index (χ2v) is 15.7. The summed E-state index contributed by atoms with van der Waals surface area (Å²) in [6.45, 7) is 2.22. The Morgan fingerprint density at radius 3 is 2.56 bits per heavy atom. The smallest absolute Gasteiger partial charge is 0.245 e. The van der Waals surface area contributed by atoms with E-state index in [0.29, 0.717) is 32.4 Å². The minimum absolute atomic E-state index is 0.0419. The number of carbonyl (C=O) groups excluding carboxylic acids is 4. The zero-order chi connectivity index (χ0) is 41.7. The lowest BCUT2D eigenvalue weighted by atomic mass is 9.72. The second kappa shape index (κ2) is 16.8. The minimum Gasteiger partial charge on any atom is -0.507 e. The molecule has 6 aliphatic rings. The third kappa shape index (κ3) is 7.53. The van der Waals surface area contributed by atoms with E-state index in [2.05, 4.69) is 10.2 Å². The molecule has 1 amide bonds. The molecule has 18 heteroatoms. The predicted octanol–water partition coefficient (Wildman–Crippen LogP) is 1.39. The molecule has 0 aromatic heterocycles. The normalized spacial score (nSPS) is 32.7. The Kier molecular flexibility index (Phi) is 11.8. The van der Waals surface area contributed by atoms with E-state index in [4.69, 9.17) is 42.6 Å². The van der Waals surface area contributed by atoms with E-state index in [9.17, 15) is 34.5 Å². The topological polar surface area (TPSA) is 227 Å². The van der Waals surface area contributed by atoms with Gasteiger partial charge in [0.05, 0.1) is 55.3 Å². The van der Waals surface area contributed by atoms with Gasteiger partial charge in [-0.3, -0.25) is 24.1 Å². The Balaban J connectivity index is 1.09. The van der Waals surface area contributed by atoms with Crippen LogP contribution in [0.4, 0.5) is 0 Å². The first kappa shape index (κ1) is 41.6. The van der Waals surface area contributed by atoms with Crippen molar-refractivity contribution in [3.05, 3.63) is 51.6 Å². The van der Waals surface area contributed by atoms with E-state index in [0.717, 1.165) is 0 Å². The third-order valence-corrected chi connectivity index (χ3v) is 12.2. The van der Waals surface area contributed by atoms with Crippen molar-refractivity contribution in [1.82, 2.24) is 10.2 Å². The standard InChI is InChI=1S/C41H50N2O16/c1-19-38-23(43-11-12-54-40(52-4)39(43)59-38)13-29(56-19)58-25-15-41(50,26(44)17-55-28-10-5-7-20(57-28)16-53-18-27(45)42-2)14-22-31(25)37(49)33-32(35(22)47)34(46)21-8-6-9-24(51-3)30(21)36(33)48/h6,8-9,19-20,23,25,28-29,38-40,47,49-50H,5,7,10-18H2,1-4H3,(H,42,45)/t19-,20?,23-,25-,28?,29-,38+,39+,40-,41-/m0/s1. The maximum atomic E-state index is 14.2. The molecular weight excluding hydrogens is 776 g/mol. The average Bonchev–Trinajstić information content (AvgIpc) is 3.62. The number of fused-ring (bicyclic) bond motifs is 6. The van der Waals surface area contributed by atoms with E-state index < -0.39 is 102 Å². The summed E-state index contributed by atoms with van der Waals surface area (Å²) in [6.07, 6.45) is -4.34. The molecule has 10 atom stereocenters. The molecule has 2 aromatic rings. The average molecular weight is 827 g/mol. The first-order valence-electron chi connectivity index (χ1n) is 19.9. The van der Waals surface area contributed by atoms with Gasteiger partial charge < -0.3 is 63.3 Å². The number of ether oxygens (including phenoxy) is 9. The van der Waals surface area contributed by atoms with Crippen molar-refractivity contribution < 1.29 is 77.1 Å². The lowest BCUT2D eigenvalue weighted by molar-refractivity contribution is -0.256. The van der Waals surface area contributed by atoms with Crippen molar-refractivity contribution in [2.24, 2.45) is 0 Å². The van der Waals surface area contributed by atoms with E-state index in [1.165, 1.54) is 32.4 Å². The number of aliphatic hydroxyl groups is 1. The van der Waals surface area contributed by atoms with Gasteiger partial charge in [-0.1, -0.05) is 12.1 Å². The molecule has 0 radical (unpaired) electrons. The number of Topliss-reactive ketones (excluding diaryl/α,β-unsaturated/α-hetero) is 1. The molecular formula is C41H50N2O16. The minimum atomic E-state index is -2.25. The number of amides is 1. The van der Waals surface area contributed by atoms with E-state index >= 15 is 0 Å². The van der Waals surface area contributed by atoms with Crippen LogP contribution in [0.3, 0.4) is 0 Å². The van der Waals surface area contributed by atoms with Gasteiger partial charge in [-0.25, -0.2) is 0 Å². The van der Waals surface area contributed by atoms with Gasteiger partial charge in [0, 0.05) is 62.7 Å². The van der Waals surface area contributed by atoms with E-state index in [-0.39, 0.29) is 71.8 Å². The molecule has 320 valence electrons. The molecule has 4 aliphatic heterocycles. The maximum Gasteiger partial charge on any atom is 0.245 e. The highest BCUT2D eigenvalue weighted by Crippen LogP contribution is 2.53. The fraction of sp³-hybridized carbons (Fsp3) is 0.610. The number of phenols is 2. The summed E-state index contributed by atoms with van der Waals surface area (Å²) in [6, 6.07) is 4.26. The number of nitrogens with zero attached hydrogens (tertiary/aromatic N) is 1. The first-order valence-corrected chi connectivity index (χ1v) is 19.9. The Labute approximate surface area is 339 Å². The molecule has 2 unspecified atom stereocenters. The number of nitrogens with one attached hydrogen (secondary N) is 1. The van der Waals surface area contributed by atoms with Crippen molar-refractivity contribution >= 4 is 23.3 Å². The second-order valence-electron chi connectivity index (χ2n) is 15.7. The Morgan fingerprint density at radius 2 is 1.80 bits per heavy atom. The Morgan fingerprint density at radius 1 is 1.00 bits per heavy atom. The summed E-state index contributed by atoms with van der Waals surface area (Å²) in [5.41, 5.74) is -3.45. The number of likely N-dealkylation sites (N-methyl/N-ethyl adjacent to an activating group) is 1. The van der Waals surface area contributed by atoms with Crippen LogP contribution in [0.15, 0.2) is 18.2 Å². The van der Waals surface area contributed by atoms with Crippen LogP contribution in [0.5, 0.6) is 17.2 Å². The van der Waals surface area contributed by atoms with E-state index in [1.807, 2.05) is 6.92 Å². The number of aromatic hydroxyl groups is 2. The van der Waals surface area contributed by atoms with Gasteiger partial charge in [0.1, 0.15) is 42.2 Å². The summed E-state index contributed by atoms with van der Waals surface area (Å²) in [5.74, 6) is -3.74. The number of methoxy groups -OCH3 is 2.